The van der Waals surface area contributed by atoms with Crippen molar-refractivity contribution in [3.05, 3.63) is 33.7 Å². The Balaban J connectivity index is 3.21. The summed E-state index contributed by atoms with van der Waals surface area (Å²) in [6, 6.07) is 5.14. The first-order valence-electron chi connectivity index (χ1n) is 2.83. The highest BCUT2D eigenvalue weighted by atomic mass is 35.5. The summed E-state index contributed by atoms with van der Waals surface area (Å²) in [5.41, 5.74) is 1.29. The molecule has 3 heteroatoms. The van der Waals surface area contributed by atoms with E-state index in [4.69, 9.17) is 11.6 Å². The molecule has 0 aliphatic heterocycles. The summed E-state index contributed by atoms with van der Waals surface area (Å²) in [6.45, 7) is 1.88. The van der Waals surface area contributed by atoms with Crippen LogP contribution in [0, 0.1) is 11.8 Å². The van der Waals surface area contributed by atoms with Gasteiger partial charge in [-0.1, -0.05) is 17.7 Å². The molecule has 1 aromatic rings. The minimum absolute atomic E-state index is 0.307. The van der Waals surface area contributed by atoms with Gasteiger partial charge in [-0.05, 0) is 29.8 Å². The molecule has 0 saturated carbocycles. The van der Waals surface area contributed by atoms with Crippen molar-refractivity contribution in [2.75, 3.05) is 0 Å². The maximum absolute atomic E-state index is 10.0. The fourth-order valence-corrected chi connectivity index (χ4v) is 0.845. The summed E-state index contributed by atoms with van der Waals surface area (Å²) in [7, 11) is 0. The zero-order valence-electron chi connectivity index (χ0n) is 5.47. The quantitative estimate of drug-likeness (QED) is 0.573. The van der Waals surface area contributed by atoms with Gasteiger partial charge in [0.25, 0.3) is 0 Å². The predicted molar refractivity (Wildman–Crippen MR) is 41.6 cm³/mol. The van der Waals surface area contributed by atoms with Crippen LogP contribution in [0.3, 0.4) is 0 Å². The third-order valence-electron chi connectivity index (χ3n) is 1.20. The van der Waals surface area contributed by atoms with Crippen molar-refractivity contribution in [1.29, 1.82) is 0 Å². The van der Waals surface area contributed by atoms with Crippen LogP contribution in [-0.4, -0.2) is 0 Å². The average Bonchev–Trinajstić information content (AvgIpc) is 1.94. The molecule has 0 amide bonds. The molecule has 0 unspecified atom stereocenters. The van der Waals surface area contributed by atoms with E-state index < -0.39 is 0 Å². The van der Waals surface area contributed by atoms with E-state index in [9.17, 15) is 4.91 Å². The molecule has 0 aliphatic carbocycles. The molecule has 0 bridgehead atoms. The van der Waals surface area contributed by atoms with Gasteiger partial charge in [0.05, 0.1) is 5.02 Å². The van der Waals surface area contributed by atoms with Gasteiger partial charge < -0.3 is 0 Å². The van der Waals surface area contributed by atoms with Crippen molar-refractivity contribution in [3.8, 4) is 0 Å². The summed E-state index contributed by atoms with van der Waals surface area (Å²) in [6.07, 6.45) is 0. The number of rotatable bonds is 1. The molecule has 0 heterocycles. The van der Waals surface area contributed by atoms with Gasteiger partial charge in [0.15, 0.2) is 0 Å². The predicted octanol–water partition coefficient (Wildman–Crippen LogP) is 3.05. The number of nitroso groups, excluding NO2 is 1. The first-order valence-corrected chi connectivity index (χ1v) is 3.21. The van der Waals surface area contributed by atoms with Gasteiger partial charge >= 0.3 is 0 Å². The zero-order chi connectivity index (χ0) is 7.56. The van der Waals surface area contributed by atoms with Gasteiger partial charge in [0.2, 0.25) is 0 Å². The average molecular weight is 156 g/mol. The number of hydrogen-bond acceptors (Lipinski definition) is 2. The molecule has 0 spiro atoms. The highest BCUT2D eigenvalue weighted by Gasteiger charge is 1.97. The Hall–Kier alpha value is -0.890. The van der Waals surface area contributed by atoms with E-state index in [1.807, 2.05) is 13.0 Å². The Labute approximate surface area is 63.8 Å². The molecule has 0 saturated heterocycles. The van der Waals surface area contributed by atoms with E-state index in [-0.39, 0.29) is 0 Å². The van der Waals surface area contributed by atoms with E-state index in [1.165, 1.54) is 0 Å². The van der Waals surface area contributed by atoms with E-state index in [0.29, 0.717) is 10.7 Å². The lowest BCUT2D eigenvalue weighted by atomic mass is 10.2. The third kappa shape index (κ3) is 1.33. The summed E-state index contributed by atoms with van der Waals surface area (Å²) in [4.78, 5) is 10.0. The Bertz CT molecular complexity index is 260. The number of hydrogen-bond donors (Lipinski definition) is 0. The van der Waals surface area contributed by atoms with Gasteiger partial charge in [-0.25, -0.2) is 0 Å². The molecular formula is C7H6ClNO. The van der Waals surface area contributed by atoms with Crippen molar-refractivity contribution in [3.63, 3.8) is 0 Å². The summed E-state index contributed by atoms with van der Waals surface area (Å²) in [5, 5.41) is 3.15. The van der Waals surface area contributed by atoms with E-state index in [1.54, 1.807) is 12.1 Å². The molecule has 0 atom stereocenters. The van der Waals surface area contributed by atoms with Crippen molar-refractivity contribution >= 4 is 17.3 Å². The second-order valence-electron chi connectivity index (χ2n) is 2.05. The Morgan fingerprint density at radius 2 is 2.20 bits per heavy atom. The van der Waals surface area contributed by atoms with Crippen LogP contribution in [0.4, 0.5) is 5.69 Å². The molecule has 1 aromatic carbocycles. The lowest BCUT2D eigenvalue weighted by Crippen LogP contribution is -1.70. The van der Waals surface area contributed by atoms with Crippen molar-refractivity contribution in [2.45, 2.75) is 6.92 Å². The maximum atomic E-state index is 10.0. The summed E-state index contributed by atoms with van der Waals surface area (Å²) >= 11 is 5.60. The molecule has 0 aromatic heterocycles. The topological polar surface area (TPSA) is 29.4 Å². The van der Waals surface area contributed by atoms with Gasteiger partial charge in [-0.15, -0.1) is 4.91 Å². The molecule has 0 fully saturated rings. The maximum Gasteiger partial charge on any atom is 0.126 e. The normalized spacial score (nSPS) is 9.40. The lowest BCUT2D eigenvalue weighted by molar-refractivity contribution is 1.42. The summed E-state index contributed by atoms with van der Waals surface area (Å²) < 4.78 is 0. The van der Waals surface area contributed by atoms with Crippen molar-refractivity contribution in [1.82, 2.24) is 0 Å². The van der Waals surface area contributed by atoms with Crippen LogP contribution in [0.2, 0.25) is 5.02 Å². The molecule has 1 rings (SSSR count). The SMILES string of the molecule is Cc1ccc(Cl)c(N=O)c1. The molecule has 0 radical (unpaired) electrons. The third-order valence-corrected chi connectivity index (χ3v) is 1.52. The minimum Gasteiger partial charge on any atom is -0.145 e. The van der Waals surface area contributed by atoms with Crippen LogP contribution in [-0.2, 0) is 0 Å². The van der Waals surface area contributed by atoms with E-state index in [0.717, 1.165) is 5.56 Å². The number of aryl methyl sites for hydroxylation is 1. The Morgan fingerprint density at radius 1 is 1.50 bits per heavy atom. The fourth-order valence-electron chi connectivity index (χ4n) is 0.693. The highest BCUT2D eigenvalue weighted by molar-refractivity contribution is 6.32. The summed E-state index contributed by atoms with van der Waals surface area (Å²) in [5.74, 6) is 0. The number of nitrogens with zero attached hydrogens (tertiary/aromatic N) is 1. The van der Waals surface area contributed by atoms with Crippen molar-refractivity contribution < 1.29 is 0 Å². The first kappa shape index (κ1) is 7.22. The molecular weight excluding hydrogens is 150 g/mol. The lowest BCUT2D eigenvalue weighted by Gasteiger charge is -1.94. The highest BCUT2D eigenvalue weighted by Crippen LogP contribution is 2.24. The first-order chi connectivity index (χ1) is 4.74. The van der Waals surface area contributed by atoms with Crippen LogP contribution >= 0.6 is 11.6 Å². The molecule has 0 N–H and O–H groups in total. The van der Waals surface area contributed by atoms with Crippen LogP contribution in [0.25, 0.3) is 0 Å². The molecule has 52 valence electrons. The van der Waals surface area contributed by atoms with Crippen LogP contribution in [0.1, 0.15) is 5.56 Å². The zero-order valence-corrected chi connectivity index (χ0v) is 6.22. The Morgan fingerprint density at radius 3 is 2.70 bits per heavy atom. The van der Waals surface area contributed by atoms with Gasteiger partial charge in [-0.3, -0.25) is 0 Å². The minimum atomic E-state index is 0.307. The number of benzene rings is 1. The van der Waals surface area contributed by atoms with Crippen LogP contribution < -0.4 is 0 Å². The standard InChI is InChI=1S/C7H6ClNO/c1-5-2-3-6(8)7(4-5)9-10/h2-4H,1H3. The molecule has 0 aliphatic rings. The van der Waals surface area contributed by atoms with Crippen LogP contribution in [0.15, 0.2) is 23.4 Å². The van der Waals surface area contributed by atoms with Gasteiger partial charge in [0.1, 0.15) is 5.69 Å². The largest absolute Gasteiger partial charge is 0.145 e. The van der Waals surface area contributed by atoms with E-state index >= 15 is 0 Å². The van der Waals surface area contributed by atoms with E-state index in [2.05, 4.69) is 5.18 Å². The Kier molecular flexibility index (Phi) is 2.02. The van der Waals surface area contributed by atoms with Gasteiger partial charge in [0, 0.05) is 0 Å². The molecule has 10 heavy (non-hydrogen) atoms. The smallest absolute Gasteiger partial charge is 0.126 e. The second kappa shape index (κ2) is 2.80. The second-order valence-corrected chi connectivity index (χ2v) is 2.45. The fraction of sp³-hybridized carbons (Fsp3) is 0.143. The monoisotopic (exact) mass is 155 g/mol. The van der Waals surface area contributed by atoms with Crippen LogP contribution in [0.5, 0.6) is 0 Å². The van der Waals surface area contributed by atoms with Crippen molar-refractivity contribution in [2.24, 2.45) is 5.18 Å². The number of halogens is 1. The van der Waals surface area contributed by atoms with Gasteiger partial charge in [-0.2, -0.15) is 0 Å². The molecule has 2 nitrogen and oxygen atoms in total.